The minimum absolute atomic E-state index is 0.216. The molecule has 2 nitrogen and oxygen atoms in total. The number of rotatable bonds is 1. The third kappa shape index (κ3) is 1.72. The van der Waals surface area contributed by atoms with E-state index in [9.17, 15) is 9.59 Å². The van der Waals surface area contributed by atoms with E-state index in [4.69, 9.17) is 0 Å². The number of aryl methyl sites for hydroxylation is 1. The molecule has 2 aromatic rings. The van der Waals surface area contributed by atoms with Crippen LogP contribution in [0.2, 0.25) is 0 Å². The van der Waals surface area contributed by atoms with Gasteiger partial charge in [0, 0.05) is 5.56 Å². The van der Waals surface area contributed by atoms with Crippen LogP contribution in [0.3, 0.4) is 0 Å². The summed E-state index contributed by atoms with van der Waals surface area (Å²) in [6.07, 6.45) is 1.50. The van der Waals surface area contributed by atoms with Crippen molar-refractivity contribution >= 4 is 27.9 Å². The van der Waals surface area contributed by atoms with E-state index in [1.165, 1.54) is 6.08 Å². The van der Waals surface area contributed by atoms with Crippen LogP contribution < -0.4 is 0 Å². The van der Waals surface area contributed by atoms with Gasteiger partial charge >= 0.3 is 0 Å². The molecule has 0 bridgehead atoms. The topological polar surface area (TPSA) is 34.1 Å². The summed E-state index contributed by atoms with van der Waals surface area (Å²) in [6, 6.07) is 9.89. The number of Topliss-reactive ketones (excluding diaryl/α,β-unsaturated/α-hetero) is 1. The molecule has 0 aromatic heterocycles. The van der Waals surface area contributed by atoms with Crippen molar-refractivity contribution in [3.8, 4) is 0 Å². The largest absolute Gasteiger partial charge is 0.286 e. The fourth-order valence-corrected chi connectivity index (χ4v) is 2.89. The number of fused-ring (bicyclic) bond motifs is 3. The van der Waals surface area contributed by atoms with E-state index >= 15 is 0 Å². The van der Waals surface area contributed by atoms with Crippen molar-refractivity contribution in [1.82, 2.24) is 0 Å². The van der Waals surface area contributed by atoms with Crippen molar-refractivity contribution in [2.75, 3.05) is 0 Å². The minimum atomic E-state index is -0.407. The molecule has 0 heterocycles. The Bertz CT molecular complexity index is 779. The molecule has 20 heavy (non-hydrogen) atoms. The highest BCUT2D eigenvalue weighted by Gasteiger charge is 2.28. The lowest BCUT2D eigenvalue weighted by atomic mass is 9.81. The summed E-state index contributed by atoms with van der Waals surface area (Å²) in [5.74, 6) is -0.580. The van der Waals surface area contributed by atoms with Crippen LogP contribution in [0, 0.1) is 12.8 Å². The molecule has 100 valence electrons. The van der Waals surface area contributed by atoms with Gasteiger partial charge in [-0.15, -0.1) is 0 Å². The second-order valence-corrected chi connectivity index (χ2v) is 5.61. The molecule has 0 radical (unpaired) electrons. The minimum Gasteiger partial charge on any atom is -0.286 e. The molecule has 0 N–H and O–H groups in total. The molecule has 0 atom stereocenters. The predicted octanol–water partition coefficient (Wildman–Crippen LogP) is 3.95. The summed E-state index contributed by atoms with van der Waals surface area (Å²) >= 11 is 0. The van der Waals surface area contributed by atoms with Gasteiger partial charge in [-0.2, -0.15) is 0 Å². The van der Waals surface area contributed by atoms with Crippen LogP contribution >= 0.6 is 0 Å². The van der Waals surface area contributed by atoms with Gasteiger partial charge in [0.2, 0.25) is 11.6 Å². The van der Waals surface area contributed by atoms with Crippen LogP contribution in [0.4, 0.5) is 0 Å². The van der Waals surface area contributed by atoms with E-state index in [1.807, 2.05) is 51.1 Å². The second-order valence-electron chi connectivity index (χ2n) is 5.61. The molecule has 3 rings (SSSR count). The number of hydrogen-bond donors (Lipinski definition) is 0. The number of carbonyl (C=O) groups excluding carboxylic acids is 2. The maximum Gasteiger partial charge on any atom is 0.234 e. The molecule has 1 aliphatic rings. The van der Waals surface area contributed by atoms with Gasteiger partial charge < -0.3 is 0 Å². The molecular weight excluding hydrogens is 248 g/mol. The zero-order valence-corrected chi connectivity index (χ0v) is 11.9. The Morgan fingerprint density at radius 2 is 1.70 bits per heavy atom. The zero-order chi connectivity index (χ0) is 14.4. The lowest BCUT2D eigenvalue weighted by molar-refractivity contribution is -0.111. The van der Waals surface area contributed by atoms with Gasteiger partial charge in [-0.3, -0.25) is 9.59 Å². The SMILES string of the molecule is Cc1cccc2c3c(ccc12)C(C(C)C)=CC(=O)C3=O. The van der Waals surface area contributed by atoms with Crippen LogP contribution in [0.15, 0.2) is 36.4 Å². The molecule has 0 aliphatic heterocycles. The summed E-state index contributed by atoms with van der Waals surface area (Å²) in [5.41, 5.74) is 3.55. The maximum atomic E-state index is 12.3. The van der Waals surface area contributed by atoms with Gasteiger partial charge in [-0.05, 0) is 46.4 Å². The Morgan fingerprint density at radius 1 is 0.950 bits per heavy atom. The van der Waals surface area contributed by atoms with Crippen molar-refractivity contribution < 1.29 is 9.59 Å². The highest BCUT2D eigenvalue weighted by Crippen LogP contribution is 2.35. The lowest BCUT2D eigenvalue weighted by Crippen LogP contribution is -2.20. The first-order chi connectivity index (χ1) is 9.50. The molecule has 0 unspecified atom stereocenters. The van der Waals surface area contributed by atoms with Crippen molar-refractivity contribution in [2.24, 2.45) is 5.92 Å². The van der Waals surface area contributed by atoms with E-state index in [0.29, 0.717) is 5.56 Å². The summed E-state index contributed by atoms with van der Waals surface area (Å²) in [7, 11) is 0. The molecule has 2 aromatic carbocycles. The average Bonchev–Trinajstić information content (AvgIpc) is 2.42. The maximum absolute atomic E-state index is 12.3. The lowest BCUT2D eigenvalue weighted by Gasteiger charge is -2.21. The van der Waals surface area contributed by atoms with Crippen LogP contribution in [0.5, 0.6) is 0 Å². The fourth-order valence-electron chi connectivity index (χ4n) is 2.89. The first kappa shape index (κ1) is 12.8. The van der Waals surface area contributed by atoms with E-state index in [0.717, 1.165) is 27.5 Å². The Kier molecular flexibility index (Phi) is 2.82. The first-order valence-corrected chi connectivity index (χ1v) is 6.83. The standard InChI is InChI=1S/C18H16O2/c1-10(2)15-9-16(19)18(20)17-13-6-4-5-11(3)12(13)7-8-14(15)17/h4-10H,1-3H3. The molecule has 0 spiro atoms. The summed E-state index contributed by atoms with van der Waals surface area (Å²) in [6.45, 7) is 6.10. The van der Waals surface area contributed by atoms with Gasteiger partial charge in [-0.25, -0.2) is 0 Å². The van der Waals surface area contributed by atoms with Crippen molar-refractivity contribution in [3.63, 3.8) is 0 Å². The van der Waals surface area contributed by atoms with Gasteiger partial charge in [0.15, 0.2) is 0 Å². The first-order valence-electron chi connectivity index (χ1n) is 6.83. The number of allylic oxidation sites excluding steroid dienone is 2. The van der Waals surface area contributed by atoms with Gasteiger partial charge in [-0.1, -0.05) is 44.2 Å². The van der Waals surface area contributed by atoms with E-state index < -0.39 is 5.78 Å². The van der Waals surface area contributed by atoms with Gasteiger partial charge in [0.1, 0.15) is 0 Å². The van der Waals surface area contributed by atoms with Crippen LogP contribution in [-0.2, 0) is 4.79 Å². The van der Waals surface area contributed by atoms with Crippen molar-refractivity contribution in [2.45, 2.75) is 20.8 Å². The van der Waals surface area contributed by atoms with E-state index in [-0.39, 0.29) is 11.7 Å². The zero-order valence-electron chi connectivity index (χ0n) is 11.9. The molecule has 0 fully saturated rings. The van der Waals surface area contributed by atoms with Crippen molar-refractivity contribution in [3.05, 3.63) is 53.1 Å². The number of benzene rings is 2. The smallest absolute Gasteiger partial charge is 0.234 e. The molecule has 1 aliphatic carbocycles. The Balaban J connectivity index is 2.43. The predicted molar refractivity (Wildman–Crippen MR) is 80.8 cm³/mol. The van der Waals surface area contributed by atoms with Crippen molar-refractivity contribution in [1.29, 1.82) is 0 Å². The highest BCUT2D eigenvalue weighted by molar-refractivity contribution is 6.52. The summed E-state index contributed by atoms with van der Waals surface area (Å²) in [5, 5.41) is 1.92. The van der Waals surface area contributed by atoms with Crippen LogP contribution in [-0.4, -0.2) is 11.6 Å². The monoisotopic (exact) mass is 264 g/mol. The molecule has 0 saturated carbocycles. The van der Waals surface area contributed by atoms with Crippen LogP contribution in [0.1, 0.15) is 35.3 Å². The molecule has 0 amide bonds. The normalized spacial score (nSPS) is 14.7. The third-order valence-electron chi connectivity index (χ3n) is 3.95. The average molecular weight is 264 g/mol. The second kappa shape index (κ2) is 4.41. The number of ketones is 2. The van der Waals surface area contributed by atoms with Gasteiger partial charge in [0.05, 0.1) is 0 Å². The summed E-state index contributed by atoms with van der Waals surface area (Å²) in [4.78, 5) is 24.3. The molecule has 0 saturated heterocycles. The quantitative estimate of drug-likeness (QED) is 0.731. The Hall–Kier alpha value is -2.22. The molecular formula is C18H16O2. The Labute approximate surface area is 118 Å². The molecule has 2 heteroatoms. The number of hydrogen-bond acceptors (Lipinski definition) is 2. The third-order valence-corrected chi connectivity index (χ3v) is 3.95. The van der Waals surface area contributed by atoms with Crippen LogP contribution in [0.25, 0.3) is 16.3 Å². The van der Waals surface area contributed by atoms with E-state index in [1.54, 1.807) is 0 Å². The van der Waals surface area contributed by atoms with Gasteiger partial charge in [0.25, 0.3) is 0 Å². The fraction of sp³-hybridized carbons (Fsp3) is 0.222. The summed E-state index contributed by atoms with van der Waals surface area (Å²) < 4.78 is 0. The highest BCUT2D eigenvalue weighted by atomic mass is 16.2. The Morgan fingerprint density at radius 3 is 2.40 bits per heavy atom. The number of carbonyl (C=O) groups is 2. The van der Waals surface area contributed by atoms with E-state index in [2.05, 4.69) is 0 Å².